The predicted molar refractivity (Wildman–Crippen MR) is 75.3 cm³/mol. The van der Waals surface area contributed by atoms with Gasteiger partial charge in [-0.15, -0.1) is 0 Å². The number of anilines is 2. The fourth-order valence-electron chi connectivity index (χ4n) is 2.35. The van der Waals surface area contributed by atoms with Gasteiger partial charge in [0.1, 0.15) is 0 Å². The molecule has 1 fully saturated rings. The van der Waals surface area contributed by atoms with Crippen LogP contribution in [0.2, 0.25) is 0 Å². The summed E-state index contributed by atoms with van der Waals surface area (Å²) in [7, 11) is 0. The fourth-order valence-corrected chi connectivity index (χ4v) is 2.35. The molecular formula is C14H23N3O. The molecule has 1 atom stereocenters. The first kappa shape index (κ1) is 13.1. The molecule has 4 heteroatoms. The summed E-state index contributed by atoms with van der Waals surface area (Å²) in [4.78, 5) is 6.64. The van der Waals surface area contributed by atoms with Crippen molar-refractivity contribution in [3.8, 4) is 0 Å². The molecule has 0 saturated carbocycles. The maximum absolute atomic E-state index is 5.71. The number of hydrogen-bond acceptors (Lipinski definition) is 4. The normalized spacial score (nSPS) is 18.9. The number of nitrogens with zero attached hydrogens (tertiary/aromatic N) is 2. The fraction of sp³-hybridized carbons (Fsp3) is 0.643. The highest BCUT2D eigenvalue weighted by Gasteiger charge is 2.18. The zero-order valence-corrected chi connectivity index (χ0v) is 11.4. The largest absolute Gasteiger partial charge is 0.384 e. The first-order chi connectivity index (χ1) is 8.83. The van der Waals surface area contributed by atoms with Crippen LogP contribution >= 0.6 is 0 Å². The molecule has 1 aromatic rings. The average molecular weight is 249 g/mol. The van der Waals surface area contributed by atoms with Gasteiger partial charge in [-0.3, -0.25) is 4.98 Å². The molecule has 18 heavy (non-hydrogen) atoms. The minimum atomic E-state index is 0.382. The molecule has 4 nitrogen and oxygen atoms in total. The van der Waals surface area contributed by atoms with Crippen molar-refractivity contribution in [1.29, 1.82) is 0 Å². The van der Waals surface area contributed by atoms with Gasteiger partial charge in [-0.1, -0.05) is 0 Å². The summed E-state index contributed by atoms with van der Waals surface area (Å²) in [6.07, 6.45) is 6.55. The van der Waals surface area contributed by atoms with Crippen LogP contribution in [0.1, 0.15) is 26.7 Å². The van der Waals surface area contributed by atoms with Crippen molar-refractivity contribution in [3.63, 3.8) is 0 Å². The Hall–Kier alpha value is -1.29. The van der Waals surface area contributed by atoms with E-state index in [4.69, 9.17) is 4.74 Å². The first-order valence-corrected chi connectivity index (χ1v) is 6.89. The van der Waals surface area contributed by atoms with E-state index in [-0.39, 0.29) is 0 Å². The van der Waals surface area contributed by atoms with Crippen molar-refractivity contribution in [1.82, 2.24) is 4.98 Å². The standard InChI is InChI=1S/C14H23N3O/c1-3-16-12-8-13(10-15-9-12)17(4-2)11-14-6-5-7-18-14/h8-10,14,16H,3-7,11H2,1-2H3. The number of hydrogen-bond donors (Lipinski definition) is 1. The third-order valence-electron chi connectivity index (χ3n) is 3.30. The second-order valence-corrected chi connectivity index (χ2v) is 4.64. The maximum Gasteiger partial charge on any atom is 0.0750 e. The molecular weight excluding hydrogens is 226 g/mol. The molecule has 0 aliphatic carbocycles. The van der Waals surface area contributed by atoms with Crippen LogP contribution in [0.4, 0.5) is 11.4 Å². The van der Waals surface area contributed by atoms with Gasteiger partial charge in [-0.2, -0.15) is 0 Å². The molecule has 2 rings (SSSR count). The molecule has 0 radical (unpaired) electrons. The number of nitrogens with one attached hydrogen (secondary N) is 1. The Balaban J connectivity index is 2.03. The van der Waals surface area contributed by atoms with E-state index >= 15 is 0 Å². The third kappa shape index (κ3) is 3.35. The first-order valence-electron chi connectivity index (χ1n) is 6.89. The van der Waals surface area contributed by atoms with Gasteiger partial charge in [-0.05, 0) is 32.8 Å². The SMILES string of the molecule is CCNc1cncc(N(CC)CC2CCCO2)c1. The van der Waals surface area contributed by atoms with Crippen LogP contribution in [-0.4, -0.2) is 37.3 Å². The smallest absolute Gasteiger partial charge is 0.0750 e. The molecule has 1 N–H and O–H groups in total. The van der Waals surface area contributed by atoms with Gasteiger partial charge < -0.3 is 15.0 Å². The summed E-state index contributed by atoms with van der Waals surface area (Å²) in [6.45, 7) is 8.05. The van der Waals surface area contributed by atoms with Crippen LogP contribution < -0.4 is 10.2 Å². The Morgan fingerprint density at radius 2 is 2.33 bits per heavy atom. The zero-order valence-electron chi connectivity index (χ0n) is 11.4. The molecule has 1 aliphatic rings. The summed E-state index contributed by atoms with van der Waals surface area (Å²) >= 11 is 0. The maximum atomic E-state index is 5.71. The lowest BCUT2D eigenvalue weighted by Gasteiger charge is -2.26. The van der Waals surface area contributed by atoms with Crippen LogP contribution in [0.5, 0.6) is 0 Å². The van der Waals surface area contributed by atoms with Gasteiger partial charge in [-0.25, -0.2) is 0 Å². The quantitative estimate of drug-likeness (QED) is 0.840. The molecule has 1 aromatic heterocycles. The number of pyridine rings is 1. The van der Waals surface area contributed by atoms with Crippen LogP contribution in [0.15, 0.2) is 18.5 Å². The van der Waals surface area contributed by atoms with Crippen molar-refractivity contribution >= 4 is 11.4 Å². The van der Waals surface area contributed by atoms with Crippen molar-refractivity contribution in [2.75, 3.05) is 36.5 Å². The number of aromatic nitrogens is 1. The number of likely N-dealkylation sites (N-methyl/N-ethyl adjacent to an activating group) is 1. The van der Waals surface area contributed by atoms with Crippen molar-refractivity contribution in [2.45, 2.75) is 32.8 Å². The van der Waals surface area contributed by atoms with Gasteiger partial charge in [0, 0.05) is 26.2 Å². The van der Waals surface area contributed by atoms with Gasteiger partial charge in [0.15, 0.2) is 0 Å². The minimum Gasteiger partial charge on any atom is -0.384 e. The molecule has 0 bridgehead atoms. The Kier molecular flexibility index (Phi) is 4.81. The van der Waals surface area contributed by atoms with Gasteiger partial charge in [0.05, 0.1) is 29.9 Å². The van der Waals surface area contributed by atoms with E-state index in [1.807, 2.05) is 12.4 Å². The van der Waals surface area contributed by atoms with E-state index in [2.05, 4.69) is 35.1 Å². The minimum absolute atomic E-state index is 0.382. The molecule has 2 heterocycles. The van der Waals surface area contributed by atoms with E-state index in [9.17, 15) is 0 Å². The van der Waals surface area contributed by atoms with Gasteiger partial charge in [0.2, 0.25) is 0 Å². The second kappa shape index (κ2) is 6.59. The van der Waals surface area contributed by atoms with E-state index < -0.39 is 0 Å². The number of ether oxygens (including phenoxy) is 1. The lowest BCUT2D eigenvalue weighted by atomic mass is 10.2. The summed E-state index contributed by atoms with van der Waals surface area (Å²) in [6, 6.07) is 2.16. The van der Waals surface area contributed by atoms with E-state index in [0.717, 1.165) is 31.9 Å². The van der Waals surface area contributed by atoms with Crippen LogP contribution in [0, 0.1) is 0 Å². The topological polar surface area (TPSA) is 37.4 Å². The van der Waals surface area contributed by atoms with Crippen LogP contribution in [0.3, 0.4) is 0 Å². The van der Waals surface area contributed by atoms with Gasteiger partial charge >= 0.3 is 0 Å². The molecule has 0 amide bonds. The van der Waals surface area contributed by atoms with Crippen LogP contribution in [0.25, 0.3) is 0 Å². The highest BCUT2D eigenvalue weighted by Crippen LogP contribution is 2.20. The van der Waals surface area contributed by atoms with Crippen molar-refractivity contribution < 1.29 is 4.74 Å². The molecule has 0 aromatic carbocycles. The lowest BCUT2D eigenvalue weighted by molar-refractivity contribution is 0.115. The number of rotatable bonds is 6. The molecule has 100 valence electrons. The van der Waals surface area contributed by atoms with Crippen molar-refractivity contribution in [3.05, 3.63) is 18.5 Å². The zero-order chi connectivity index (χ0) is 12.8. The molecule has 1 saturated heterocycles. The van der Waals surface area contributed by atoms with E-state index in [1.54, 1.807) is 0 Å². The summed E-state index contributed by atoms with van der Waals surface area (Å²) in [5.74, 6) is 0. The summed E-state index contributed by atoms with van der Waals surface area (Å²) < 4.78 is 5.71. The second-order valence-electron chi connectivity index (χ2n) is 4.64. The van der Waals surface area contributed by atoms with E-state index in [1.165, 1.54) is 18.5 Å². The Labute approximate surface area is 109 Å². The summed E-state index contributed by atoms with van der Waals surface area (Å²) in [5.41, 5.74) is 2.26. The lowest BCUT2D eigenvalue weighted by Crippen LogP contribution is -2.32. The molecule has 1 aliphatic heterocycles. The Morgan fingerprint density at radius 3 is 3.00 bits per heavy atom. The van der Waals surface area contributed by atoms with Crippen molar-refractivity contribution in [2.24, 2.45) is 0 Å². The third-order valence-corrected chi connectivity index (χ3v) is 3.30. The molecule has 1 unspecified atom stereocenters. The van der Waals surface area contributed by atoms with Crippen LogP contribution in [-0.2, 0) is 4.74 Å². The summed E-state index contributed by atoms with van der Waals surface area (Å²) in [5, 5.41) is 3.30. The Bertz CT molecular complexity index is 364. The Morgan fingerprint density at radius 1 is 1.44 bits per heavy atom. The predicted octanol–water partition coefficient (Wildman–Crippen LogP) is 2.52. The highest BCUT2D eigenvalue weighted by atomic mass is 16.5. The van der Waals surface area contributed by atoms with E-state index in [0.29, 0.717) is 6.10 Å². The monoisotopic (exact) mass is 249 g/mol. The average Bonchev–Trinajstić information content (AvgIpc) is 2.89. The highest BCUT2D eigenvalue weighted by molar-refractivity contribution is 5.55. The van der Waals surface area contributed by atoms with Gasteiger partial charge in [0.25, 0.3) is 0 Å². The molecule has 0 spiro atoms.